The fourth-order valence-corrected chi connectivity index (χ4v) is 2.98. The van der Waals surface area contributed by atoms with E-state index in [1.807, 2.05) is 0 Å². The molecule has 1 fully saturated rings. The second-order valence-electron chi connectivity index (χ2n) is 5.33. The van der Waals surface area contributed by atoms with Gasteiger partial charge >= 0.3 is 0 Å². The van der Waals surface area contributed by atoms with E-state index < -0.39 is 0 Å². The van der Waals surface area contributed by atoms with Crippen LogP contribution in [0.25, 0.3) is 0 Å². The average Bonchev–Trinajstić information content (AvgIpc) is 2.39. The molecular formula is C14H20BrN3O2. The van der Waals surface area contributed by atoms with Gasteiger partial charge in [-0.2, -0.15) is 0 Å². The van der Waals surface area contributed by atoms with E-state index in [0.717, 1.165) is 24.1 Å². The summed E-state index contributed by atoms with van der Waals surface area (Å²) < 4.78 is 0.843. The summed E-state index contributed by atoms with van der Waals surface area (Å²) in [7, 11) is 0. The van der Waals surface area contributed by atoms with Crippen LogP contribution < -0.4 is 5.32 Å². The van der Waals surface area contributed by atoms with Gasteiger partial charge in [0.1, 0.15) is 5.69 Å². The zero-order chi connectivity index (χ0) is 14.5. The molecular weight excluding hydrogens is 322 g/mol. The molecule has 0 amide bonds. The number of benzene rings is 1. The first kappa shape index (κ1) is 15.3. The fraction of sp³-hybridized carbons (Fsp3) is 0.571. The lowest BCUT2D eigenvalue weighted by atomic mass is 10.1. The smallest absolute Gasteiger partial charge is 0.292 e. The van der Waals surface area contributed by atoms with Gasteiger partial charge in [0.2, 0.25) is 0 Å². The lowest BCUT2D eigenvalue weighted by Crippen LogP contribution is -2.38. The summed E-state index contributed by atoms with van der Waals surface area (Å²) in [5.41, 5.74) is 0.701. The van der Waals surface area contributed by atoms with Crippen molar-refractivity contribution in [1.82, 2.24) is 4.90 Å². The summed E-state index contributed by atoms with van der Waals surface area (Å²) in [5, 5.41) is 14.3. The first-order valence-corrected chi connectivity index (χ1v) is 7.78. The van der Waals surface area contributed by atoms with Crippen molar-refractivity contribution in [2.75, 3.05) is 25.0 Å². The van der Waals surface area contributed by atoms with E-state index in [2.05, 4.69) is 33.1 Å². The van der Waals surface area contributed by atoms with Crippen LogP contribution in [0.3, 0.4) is 0 Å². The second kappa shape index (κ2) is 7.04. The summed E-state index contributed by atoms with van der Waals surface area (Å²) in [6, 6.07) is 5.17. The van der Waals surface area contributed by atoms with E-state index in [-0.39, 0.29) is 16.7 Å². The average molecular weight is 342 g/mol. The molecule has 0 bridgehead atoms. The first-order valence-electron chi connectivity index (χ1n) is 6.99. The van der Waals surface area contributed by atoms with Crippen LogP contribution in [0.2, 0.25) is 0 Å². The maximum atomic E-state index is 11.0. The second-order valence-corrected chi connectivity index (χ2v) is 6.24. The minimum absolute atomic E-state index is 0.124. The Morgan fingerprint density at radius 3 is 2.75 bits per heavy atom. The van der Waals surface area contributed by atoms with E-state index in [9.17, 15) is 10.1 Å². The highest BCUT2D eigenvalue weighted by Gasteiger charge is 2.18. The predicted octanol–water partition coefficient (Wildman–Crippen LogP) is 3.64. The van der Waals surface area contributed by atoms with Crippen molar-refractivity contribution in [2.24, 2.45) is 0 Å². The van der Waals surface area contributed by atoms with Gasteiger partial charge in [-0.3, -0.25) is 10.1 Å². The Bertz CT molecular complexity index is 475. The van der Waals surface area contributed by atoms with E-state index >= 15 is 0 Å². The summed E-state index contributed by atoms with van der Waals surface area (Å²) in [4.78, 5) is 13.1. The molecule has 0 radical (unpaired) electrons. The van der Waals surface area contributed by atoms with Crippen LogP contribution in [-0.4, -0.2) is 35.5 Å². The van der Waals surface area contributed by atoms with Crippen LogP contribution in [0.4, 0.5) is 11.4 Å². The molecule has 20 heavy (non-hydrogen) atoms. The minimum Gasteiger partial charge on any atom is -0.376 e. The Kier molecular flexibility index (Phi) is 5.37. The highest BCUT2D eigenvalue weighted by Crippen LogP contribution is 2.28. The number of rotatable bonds is 5. The van der Waals surface area contributed by atoms with Crippen LogP contribution >= 0.6 is 15.9 Å². The molecule has 2 rings (SSSR count). The number of nitrogens with zero attached hydrogens (tertiary/aromatic N) is 2. The fourth-order valence-electron chi connectivity index (χ4n) is 2.62. The molecule has 0 aliphatic carbocycles. The summed E-state index contributed by atoms with van der Waals surface area (Å²) in [5.74, 6) is 0. The quantitative estimate of drug-likeness (QED) is 0.656. The van der Waals surface area contributed by atoms with Gasteiger partial charge in [0.15, 0.2) is 0 Å². The molecule has 110 valence electrons. The highest BCUT2D eigenvalue weighted by molar-refractivity contribution is 9.10. The third-order valence-electron chi connectivity index (χ3n) is 3.54. The van der Waals surface area contributed by atoms with Gasteiger partial charge in [-0.05, 0) is 45.0 Å². The molecule has 0 saturated carbocycles. The van der Waals surface area contributed by atoms with Crippen LogP contribution in [-0.2, 0) is 0 Å². The topological polar surface area (TPSA) is 58.4 Å². The van der Waals surface area contributed by atoms with Crippen LogP contribution in [0.5, 0.6) is 0 Å². The zero-order valence-corrected chi connectivity index (χ0v) is 13.2. The van der Waals surface area contributed by atoms with Crippen molar-refractivity contribution in [1.29, 1.82) is 0 Å². The number of halogens is 1. The summed E-state index contributed by atoms with van der Waals surface area (Å²) >= 11 is 3.36. The maximum absolute atomic E-state index is 11.0. The molecule has 1 aliphatic heterocycles. The van der Waals surface area contributed by atoms with E-state index in [0.29, 0.717) is 5.69 Å². The molecule has 1 atom stereocenters. The number of likely N-dealkylation sites (tertiary alicyclic amines) is 1. The first-order chi connectivity index (χ1) is 9.56. The van der Waals surface area contributed by atoms with Crippen molar-refractivity contribution < 1.29 is 4.92 Å². The van der Waals surface area contributed by atoms with Gasteiger partial charge in [0.25, 0.3) is 5.69 Å². The monoisotopic (exact) mass is 341 g/mol. The SMILES string of the molecule is CC(CN1CCCCC1)Nc1cc(Br)ccc1[N+](=O)[O-]. The van der Waals surface area contributed by atoms with Crippen LogP contribution in [0, 0.1) is 10.1 Å². The molecule has 5 nitrogen and oxygen atoms in total. The Morgan fingerprint density at radius 2 is 2.10 bits per heavy atom. The number of piperidine rings is 1. The molecule has 0 aromatic heterocycles. The van der Waals surface area contributed by atoms with Crippen LogP contribution in [0.1, 0.15) is 26.2 Å². The van der Waals surface area contributed by atoms with E-state index in [1.54, 1.807) is 12.1 Å². The molecule has 6 heteroatoms. The lowest BCUT2D eigenvalue weighted by Gasteiger charge is -2.29. The largest absolute Gasteiger partial charge is 0.376 e. The van der Waals surface area contributed by atoms with Gasteiger partial charge in [-0.1, -0.05) is 22.4 Å². The van der Waals surface area contributed by atoms with Gasteiger partial charge in [-0.25, -0.2) is 0 Å². The Hall–Kier alpha value is -1.14. The number of anilines is 1. The van der Waals surface area contributed by atoms with E-state index in [4.69, 9.17) is 0 Å². The molecule has 1 heterocycles. The van der Waals surface area contributed by atoms with Crippen molar-refractivity contribution in [3.05, 3.63) is 32.8 Å². The molecule has 0 spiro atoms. The number of hydrogen-bond donors (Lipinski definition) is 1. The predicted molar refractivity (Wildman–Crippen MR) is 84.2 cm³/mol. The maximum Gasteiger partial charge on any atom is 0.292 e. The summed E-state index contributed by atoms with van der Waals surface area (Å²) in [6.45, 7) is 5.25. The third-order valence-corrected chi connectivity index (χ3v) is 4.03. The Morgan fingerprint density at radius 1 is 1.40 bits per heavy atom. The molecule has 1 N–H and O–H groups in total. The van der Waals surface area contributed by atoms with Crippen molar-refractivity contribution >= 4 is 27.3 Å². The van der Waals surface area contributed by atoms with Gasteiger partial charge in [0.05, 0.1) is 4.92 Å². The van der Waals surface area contributed by atoms with E-state index in [1.165, 1.54) is 25.3 Å². The Labute approximate surface area is 127 Å². The number of nitrogens with one attached hydrogen (secondary N) is 1. The van der Waals surface area contributed by atoms with Crippen LogP contribution in [0.15, 0.2) is 22.7 Å². The standard InChI is InChI=1S/C14H20BrN3O2/c1-11(10-17-7-3-2-4-8-17)16-13-9-12(15)5-6-14(13)18(19)20/h5-6,9,11,16H,2-4,7-8,10H2,1H3. The lowest BCUT2D eigenvalue weighted by molar-refractivity contribution is -0.384. The number of nitro benzene ring substituents is 1. The zero-order valence-electron chi connectivity index (χ0n) is 11.6. The van der Waals surface area contributed by atoms with Gasteiger partial charge < -0.3 is 10.2 Å². The normalized spacial score (nSPS) is 17.7. The molecule has 1 unspecified atom stereocenters. The van der Waals surface area contributed by atoms with Gasteiger partial charge in [-0.15, -0.1) is 0 Å². The summed E-state index contributed by atoms with van der Waals surface area (Å²) in [6.07, 6.45) is 3.82. The van der Waals surface area contributed by atoms with Crippen molar-refractivity contribution in [2.45, 2.75) is 32.2 Å². The van der Waals surface area contributed by atoms with Gasteiger partial charge in [0, 0.05) is 23.1 Å². The minimum atomic E-state index is -0.345. The van der Waals surface area contributed by atoms with Crippen molar-refractivity contribution in [3.8, 4) is 0 Å². The molecule has 1 saturated heterocycles. The highest BCUT2D eigenvalue weighted by atomic mass is 79.9. The number of hydrogen-bond acceptors (Lipinski definition) is 4. The van der Waals surface area contributed by atoms with Crippen molar-refractivity contribution in [3.63, 3.8) is 0 Å². The number of nitro groups is 1. The Balaban J connectivity index is 2.00. The molecule has 1 aliphatic rings. The third kappa shape index (κ3) is 4.18. The molecule has 1 aromatic carbocycles. The molecule has 1 aromatic rings.